The van der Waals surface area contributed by atoms with Crippen LogP contribution in [0.4, 0.5) is 5.69 Å². The molecule has 0 fully saturated rings. The molecule has 2 nitrogen and oxygen atoms in total. The molecule has 2 aromatic rings. The Balaban J connectivity index is 1.81. The molecule has 2 N–H and O–H groups in total. The van der Waals surface area contributed by atoms with Crippen LogP contribution < -0.4 is 10.6 Å². The van der Waals surface area contributed by atoms with Gasteiger partial charge < -0.3 is 10.6 Å². The van der Waals surface area contributed by atoms with Crippen LogP contribution in [0.3, 0.4) is 0 Å². The zero-order chi connectivity index (χ0) is 15.8. The second kappa shape index (κ2) is 9.10. The minimum atomic E-state index is 0.653. The second-order valence-electron chi connectivity index (χ2n) is 5.24. The van der Waals surface area contributed by atoms with E-state index in [1.165, 1.54) is 27.5 Å². The average Bonchev–Trinajstić information content (AvgIpc) is 2.52. The van der Waals surface area contributed by atoms with E-state index >= 15 is 0 Å². The molecule has 0 saturated carbocycles. The SMILES string of the molecule is CCCCc1ccc(NC(=S)NCc2cccc(I)c2)cc1. The number of benzene rings is 2. The van der Waals surface area contributed by atoms with E-state index in [0.717, 1.165) is 18.7 Å². The highest BCUT2D eigenvalue weighted by atomic mass is 127. The summed E-state index contributed by atoms with van der Waals surface area (Å²) in [5, 5.41) is 7.12. The van der Waals surface area contributed by atoms with Crippen molar-refractivity contribution in [1.82, 2.24) is 5.32 Å². The van der Waals surface area contributed by atoms with Crippen LogP contribution in [0.2, 0.25) is 0 Å². The molecule has 0 aliphatic rings. The Kier molecular flexibility index (Phi) is 7.12. The average molecular weight is 424 g/mol. The number of hydrogen-bond acceptors (Lipinski definition) is 1. The molecule has 0 aromatic heterocycles. The van der Waals surface area contributed by atoms with Crippen molar-refractivity contribution >= 4 is 45.6 Å². The van der Waals surface area contributed by atoms with Gasteiger partial charge in [0.25, 0.3) is 0 Å². The smallest absolute Gasteiger partial charge is 0.171 e. The van der Waals surface area contributed by atoms with Gasteiger partial charge in [-0.25, -0.2) is 0 Å². The molecule has 0 aliphatic carbocycles. The molecule has 0 aliphatic heterocycles. The number of thiocarbonyl (C=S) groups is 1. The number of halogens is 1. The predicted molar refractivity (Wildman–Crippen MR) is 107 cm³/mol. The van der Waals surface area contributed by atoms with Gasteiger partial charge in [0, 0.05) is 15.8 Å². The van der Waals surface area contributed by atoms with Gasteiger partial charge >= 0.3 is 0 Å². The van der Waals surface area contributed by atoms with Gasteiger partial charge in [0.05, 0.1) is 0 Å². The van der Waals surface area contributed by atoms with Crippen LogP contribution in [0.5, 0.6) is 0 Å². The zero-order valence-corrected chi connectivity index (χ0v) is 15.7. The van der Waals surface area contributed by atoms with E-state index in [1.807, 2.05) is 0 Å². The summed E-state index contributed by atoms with van der Waals surface area (Å²) < 4.78 is 1.23. The number of aryl methyl sites for hydroxylation is 1. The van der Waals surface area contributed by atoms with Crippen LogP contribution in [0, 0.1) is 3.57 Å². The van der Waals surface area contributed by atoms with Crippen LogP contribution in [0.15, 0.2) is 48.5 Å². The Labute approximate surface area is 151 Å². The molecular formula is C18H21IN2S. The normalized spacial score (nSPS) is 10.3. The van der Waals surface area contributed by atoms with E-state index in [4.69, 9.17) is 12.2 Å². The van der Waals surface area contributed by atoms with E-state index in [0.29, 0.717) is 5.11 Å². The lowest BCUT2D eigenvalue weighted by atomic mass is 10.1. The van der Waals surface area contributed by atoms with Crippen molar-refractivity contribution in [3.63, 3.8) is 0 Å². The maximum atomic E-state index is 5.35. The van der Waals surface area contributed by atoms with Crippen molar-refractivity contribution in [2.24, 2.45) is 0 Å². The largest absolute Gasteiger partial charge is 0.358 e. The maximum absolute atomic E-state index is 5.35. The van der Waals surface area contributed by atoms with Crippen molar-refractivity contribution in [2.75, 3.05) is 5.32 Å². The predicted octanol–water partition coefficient (Wildman–Crippen LogP) is 5.12. The molecule has 4 heteroatoms. The van der Waals surface area contributed by atoms with Crippen LogP contribution >= 0.6 is 34.8 Å². The molecular weight excluding hydrogens is 403 g/mol. The lowest BCUT2D eigenvalue weighted by molar-refractivity contribution is 0.795. The second-order valence-corrected chi connectivity index (χ2v) is 6.89. The summed E-state index contributed by atoms with van der Waals surface area (Å²) in [5.74, 6) is 0. The standard InChI is InChI=1S/C18H21IN2S/c1-2-3-5-14-8-10-17(11-9-14)21-18(22)20-13-15-6-4-7-16(19)12-15/h4,6-12H,2-3,5,13H2,1H3,(H2,20,21,22). The topological polar surface area (TPSA) is 24.1 Å². The Hall–Kier alpha value is -1.14. The van der Waals surface area contributed by atoms with Crippen LogP contribution in [0.1, 0.15) is 30.9 Å². The Morgan fingerprint density at radius 3 is 2.55 bits per heavy atom. The maximum Gasteiger partial charge on any atom is 0.171 e. The third kappa shape index (κ3) is 5.93. The third-order valence-electron chi connectivity index (χ3n) is 3.37. The van der Waals surface area contributed by atoms with Crippen molar-refractivity contribution < 1.29 is 0 Å². The molecule has 0 heterocycles. The summed E-state index contributed by atoms with van der Waals surface area (Å²) in [7, 11) is 0. The molecule has 0 bridgehead atoms. The van der Waals surface area contributed by atoms with E-state index in [9.17, 15) is 0 Å². The van der Waals surface area contributed by atoms with Crippen molar-refractivity contribution in [2.45, 2.75) is 32.7 Å². The van der Waals surface area contributed by atoms with Crippen LogP contribution in [0.25, 0.3) is 0 Å². The highest BCUT2D eigenvalue weighted by molar-refractivity contribution is 14.1. The molecule has 2 rings (SSSR count). The fourth-order valence-corrected chi connectivity index (χ4v) is 2.94. The van der Waals surface area contributed by atoms with Gasteiger partial charge in [0.1, 0.15) is 0 Å². The summed E-state index contributed by atoms with van der Waals surface area (Å²) in [6, 6.07) is 16.9. The van der Waals surface area contributed by atoms with Gasteiger partial charge in [0.15, 0.2) is 5.11 Å². The first-order valence-corrected chi connectivity index (χ1v) is 9.04. The Morgan fingerprint density at radius 2 is 1.86 bits per heavy atom. The van der Waals surface area contributed by atoms with Gasteiger partial charge in [-0.3, -0.25) is 0 Å². The highest BCUT2D eigenvalue weighted by Gasteiger charge is 1.99. The quantitative estimate of drug-likeness (QED) is 0.497. The summed E-state index contributed by atoms with van der Waals surface area (Å²) in [6.07, 6.45) is 3.61. The molecule has 2 aromatic carbocycles. The molecule has 0 radical (unpaired) electrons. The van der Waals surface area contributed by atoms with Crippen molar-refractivity contribution in [3.8, 4) is 0 Å². The van der Waals surface area contributed by atoms with E-state index in [1.54, 1.807) is 0 Å². The lowest BCUT2D eigenvalue weighted by Crippen LogP contribution is -2.27. The summed E-state index contributed by atoms with van der Waals surface area (Å²) in [6.45, 7) is 2.95. The minimum absolute atomic E-state index is 0.653. The van der Waals surface area contributed by atoms with Crippen molar-refractivity contribution in [1.29, 1.82) is 0 Å². The van der Waals surface area contributed by atoms with Gasteiger partial charge in [0.2, 0.25) is 0 Å². The Morgan fingerprint density at radius 1 is 1.09 bits per heavy atom. The highest BCUT2D eigenvalue weighted by Crippen LogP contribution is 2.12. The molecule has 22 heavy (non-hydrogen) atoms. The number of anilines is 1. The fraction of sp³-hybridized carbons (Fsp3) is 0.278. The molecule has 0 saturated heterocycles. The third-order valence-corrected chi connectivity index (χ3v) is 4.29. The number of rotatable bonds is 6. The van der Waals surface area contributed by atoms with Gasteiger partial charge in [-0.15, -0.1) is 0 Å². The molecule has 0 amide bonds. The van der Waals surface area contributed by atoms with E-state index in [-0.39, 0.29) is 0 Å². The number of hydrogen-bond donors (Lipinski definition) is 2. The van der Waals surface area contributed by atoms with E-state index < -0.39 is 0 Å². The first-order chi connectivity index (χ1) is 10.7. The first kappa shape index (κ1) is 17.2. The summed E-state index contributed by atoms with van der Waals surface area (Å²) in [5.41, 5.74) is 3.64. The fourth-order valence-electron chi connectivity index (χ4n) is 2.14. The first-order valence-electron chi connectivity index (χ1n) is 7.55. The van der Waals surface area contributed by atoms with Crippen molar-refractivity contribution in [3.05, 3.63) is 63.2 Å². The number of unbranched alkanes of at least 4 members (excludes halogenated alkanes) is 1. The lowest BCUT2D eigenvalue weighted by Gasteiger charge is -2.11. The van der Waals surface area contributed by atoms with E-state index in [2.05, 4.69) is 88.7 Å². The van der Waals surface area contributed by atoms with Gasteiger partial charge in [-0.2, -0.15) is 0 Å². The van der Waals surface area contributed by atoms with Crippen LogP contribution in [-0.4, -0.2) is 5.11 Å². The van der Waals surface area contributed by atoms with Gasteiger partial charge in [-0.1, -0.05) is 37.6 Å². The molecule has 0 atom stereocenters. The Bertz CT molecular complexity index is 611. The minimum Gasteiger partial charge on any atom is -0.358 e. The summed E-state index contributed by atoms with van der Waals surface area (Å²) >= 11 is 7.66. The number of nitrogens with one attached hydrogen (secondary N) is 2. The molecule has 116 valence electrons. The van der Waals surface area contributed by atoms with Gasteiger partial charge in [-0.05, 0) is 83.0 Å². The monoisotopic (exact) mass is 424 g/mol. The molecule has 0 unspecified atom stereocenters. The summed E-state index contributed by atoms with van der Waals surface area (Å²) in [4.78, 5) is 0. The molecule has 0 spiro atoms. The zero-order valence-electron chi connectivity index (χ0n) is 12.7. The van der Waals surface area contributed by atoms with Crippen LogP contribution in [-0.2, 0) is 13.0 Å².